The van der Waals surface area contributed by atoms with Gasteiger partial charge in [0.1, 0.15) is 18.2 Å². The van der Waals surface area contributed by atoms with Gasteiger partial charge in [-0.25, -0.2) is 12.8 Å². The molecule has 1 aromatic heterocycles. The first-order valence-electron chi connectivity index (χ1n) is 8.80. The van der Waals surface area contributed by atoms with Crippen molar-refractivity contribution in [1.29, 1.82) is 0 Å². The minimum atomic E-state index is -3.43. The fourth-order valence-corrected chi connectivity index (χ4v) is 3.94. The third-order valence-electron chi connectivity index (χ3n) is 4.25. The molecule has 2 heterocycles. The van der Waals surface area contributed by atoms with Crippen molar-refractivity contribution in [3.63, 3.8) is 0 Å². The summed E-state index contributed by atoms with van der Waals surface area (Å²) in [5.41, 5.74) is 0. The fourth-order valence-electron chi connectivity index (χ4n) is 2.67. The maximum Gasteiger partial charge on any atom is 0.318 e. The molecule has 0 aliphatic carbocycles. The molecule has 0 bridgehead atoms. The van der Waals surface area contributed by atoms with E-state index in [1.807, 2.05) is 18.7 Å². The molecule has 1 saturated heterocycles. The summed E-state index contributed by atoms with van der Waals surface area (Å²) in [6, 6.07) is 5.90. The molecule has 148 valence electrons. The van der Waals surface area contributed by atoms with Crippen LogP contribution in [0.1, 0.15) is 25.7 Å². The lowest BCUT2D eigenvalue weighted by atomic mass is 10.2. The van der Waals surface area contributed by atoms with Gasteiger partial charge < -0.3 is 14.1 Å². The molecule has 0 radical (unpaired) electrons. The number of halogens is 1. The Labute approximate surface area is 158 Å². The molecule has 3 rings (SSSR count). The first kappa shape index (κ1) is 19.6. The van der Waals surface area contributed by atoms with Crippen LogP contribution >= 0.6 is 0 Å². The highest BCUT2D eigenvalue weighted by molar-refractivity contribution is 7.89. The van der Waals surface area contributed by atoms with Crippen LogP contribution in [0.3, 0.4) is 0 Å². The molecule has 27 heavy (non-hydrogen) atoms. The molecule has 0 atom stereocenters. The molecule has 0 amide bonds. The molecule has 1 aromatic carbocycles. The molecule has 8 nitrogen and oxygen atoms in total. The van der Waals surface area contributed by atoms with E-state index in [0.29, 0.717) is 43.8 Å². The molecule has 1 fully saturated rings. The number of nitrogens with zero attached hydrogens (tertiary/aromatic N) is 4. The van der Waals surface area contributed by atoms with Gasteiger partial charge in [-0.3, -0.25) is 0 Å². The van der Waals surface area contributed by atoms with Crippen LogP contribution < -0.4 is 9.64 Å². The molecule has 0 spiro atoms. The van der Waals surface area contributed by atoms with Crippen molar-refractivity contribution in [2.75, 3.05) is 43.4 Å². The number of ether oxygens (including phenoxy) is 1. The Morgan fingerprint density at radius 2 is 1.81 bits per heavy atom. The summed E-state index contributed by atoms with van der Waals surface area (Å²) in [7, 11) is -3.43. The molecular formula is C17H23FN4O4S. The van der Waals surface area contributed by atoms with Crippen LogP contribution in [0, 0.1) is 5.82 Å². The average Bonchev–Trinajstić information content (AvgIpc) is 3.14. The molecule has 1 aliphatic rings. The predicted octanol–water partition coefficient (Wildman–Crippen LogP) is 1.86. The zero-order valence-corrected chi connectivity index (χ0v) is 16.2. The number of piperazine rings is 1. The number of rotatable bonds is 7. The van der Waals surface area contributed by atoms with Crippen LogP contribution in [-0.4, -0.2) is 61.5 Å². The van der Waals surface area contributed by atoms with Crippen molar-refractivity contribution >= 4 is 16.0 Å². The van der Waals surface area contributed by atoms with Crippen molar-refractivity contribution < 1.29 is 22.0 Å². The molecule has 0 unspecified atom stereocenters. The number of sulfonamides is 1. The first-order valence-corrected chi connectivity index (χ1v) is 10.4. The third-order valence-corrected chi connectivity index (χ3v) is 6.08. The lowest BCUT2D eigenvalue weighted by Gasteiger charge is -2.32. The Hall–Kier alpha value is -2.20. The maximum absolute atomic E-state index is 12.9. The van der Waals surface area contributed by atoms with Crippen molar-refractivity contribution in [3.8, 4) is 5.75 Å². The van der Waals surface area contributed by atoms with Crippen LogP contribution in [0.5, 0.6) is 5.75 Å². The van der Waals surface area contributed by atoms with Gasteiger partial charge in [-0.15, -0.1) is 5.10 Å². The molecule has 1 aliphatic heterocycles. The van der Waals surface area contributed by atoms with Crippen molar-refractivity contribution in [2.24, 2.45) is 0 Å². The zero-order valence-electron chi connectivity index (χ0n) is 15.3. The van der Waals surface area contributed by atoms with Crippen LogP contribution in [-0.2, 0) is 10.0 Å². The minimum Gasteiger partial charge on any atom is -0.492 e. The number of anilines is 1. The van der Waals surface area contributed by atoms with Crippen molar-refractivity contribution in [1.82, 2.24) is 14.5 Å². The first-order chi connectivity index (χ1) is 12.8. The smallest absolute Gasteiger partial charge is 0.318 e. The lowest BCUT2D eigenvalue weighted by Crippen LogP contribution is -2.49. The summed E-state index contributed by atoms with van der Waals surface area (Å²) < 4.78 is 50.3. The zero-order chi connectivity index (χ0) is 19.4. The number of aromatic nitrogens is 2. The van der Waals surface area contributed by atoms with E-state index < -0.39 is 10.0 Å². The molecule has 2 aromatic rings. The van der Waals surface area contributed by atoms with Crippen LogP contribution in [0.4, 0.5) is 10.4 Å². The number of benzene rings is 1. The summed E-state index contributed by atoms with van der Waals surface area (Å²) in [5.74, 6) is 0.651. The fraction of sp³-hybridized carbons (Fsp3) is 0.529. The quantitative estimate of drug-likeness (QED) is 0.703. The van der Waals surface area contributed by atoms with Gasteiger partial charge in [0.15, 0.2) is 0 Å². The molecular weight excluding hydrogens is 375 g/mol. The molecule has 0 N–H and O–H groups in total. The summed E-state index contributed by atoms with van der Waals surface area (Å²) in [6.07, 6.45) is 0. The van der Waals surface area contributed by atoms with Gasteiger partial charge >= 0.3 is 6.01 Å². The van der Waals surface area contributed by atoms with E-state index >= 15 is 0 Å². The van der Waals surface area contributed by atoms with Gasteiger partial charge in [-0.1, -0.05) is 18.9 Å². The summed E-state index contributed by atoms with van der Waals surface area (Å²) >= 11 is 0. The van der Waals surface area contributed by atoms with Crippen LogP contribution in [0.15, 0.2) is 28.7 Å². The monoisotopic (exact) mass is 398 g/mol. The van der Waals surface area contributed by atoms with Gasteiger partial charge in [0.05, 0.1) is 5.75 Å². The highest BCUT2D eigenvalue weighted by Crippen LogP contribution is 2.20. The van der Waals surface area contributed by atoms with E-state index in [0.717, 1.165) is 0 Å². The highest BCUT2D eigenvalue weighted by atomic mass is 32.2. The predicted molar refractivity (Wildman–Crippen MR) is 97.9 cm³/mol. The largest absolute Gasteiger partial charge is 0.492 e. The van der Waals surface area contributed by atoms with Crippen molar-refractivity contribution in [3.05, 3.63) is 36.0 Å². The lowest BCUT2D eigenvalue weighted by molar-refractivity contribution is 0.328. The van der Waals surface area contributed by atoms with Crippen molar-refractivity contribution in [2.45, 2.75) is 19.8 Å². The summed E-state index contributed by atoms with van der Waals surface area (Å²) in [4.78, 5) is 1.89. The number of hydrogen-bond acceptors (Lipinski definition) is 7. The number of hydrogen-bond donors (Lipinski definition) is 0. The normalized spacial score (nSPS) is 16.1. The van der Waals surface area contributed by atoms with E-state index in [4.69, 9.17) is 9.15 Å². The van der Waals surface area contributed by atoms with E-state index in [9.17, 15) is 12.8 Å². The summed E-state index contributed by atoms with van der Waals surface area (Å²) in [6.45, 7) is 5.60. The Morgan fingerprint density at radius 1 is 1.15 bits per heavy atom. The Balaban J connectivity index is 1.49. The van der Waals surface area contributed by atoms with Crippen LogP contribution in [0.2, 0.25) is 0 Å². The van der Waals surface area contributed by atoms with Gasteiger partial charge in [-0.05, 0) is 24.3 Å². The van der Waals surface area contributed by atoms with Crippen LogP contribution in [0.25, 0.3) is 0 Å². The second-order valence-corrected chi connectivity index (χ2v) is 8.67. The second-order valence-electron chi connectivity index (χ2n) is 6.58. The second kappa shape index (κ2) is 8.22. The topological polar surface area (TPSA) is 88.8 Å². The van der Waals surface area contributed by atoms with Gasteiger partial charge in [0.25, 0.3) is 0 Å². The van der Waals surface area contributed by atoms with Gasteiger partial charge in [-0.2, -0.15) is 4.31 Å². The van der Waals surface area contributed by atoms with E-state index in [1.165, 1.54) is 28.6 Å². The minimum absolute atomic E-state index is 0.00951. The van der Waals surface area contributed by atoms with E-state index in [2.05, 4.69) is 10.2 Å². The van der Waals surface area contributed by atoms with E-state index in [-0.39, 0.29) is 24.1 Å². The third kappa shape index (κ3) is 4.95. The standard InChI is InChI=1S/C17H23FN4O4S/c1-13(2)16-19-20-17(26-16)21-7-9-22(10-8-21)27(23,24)12-11-25-15-5-3-14(18)4-6-15/h3-6,13H,7-12H2,1-2H3. The van der Waals surface area contributed by atoms with Gasteiger partial charge in [0, 0.05) is 32.1 Å². The Morgan fingerprint density at radius 3 is 2.41 bits per heavy atom. The highest BCUT2D eigenvalue weighted by Gasteiger charge is 2.29. The Kier molecular flexibility index (Phi) is 5.95. The SMILES string of the molecule is CC(C)c1nnc(N2CCN(S(=O)(=O)CCOc3ccc(F)cc3)CC2)o1. The summed E-state index contributed by atoms with van der Waals surface area (Å²) in [5, 5.41) is 8.04. The molecule has 0 saturated carbocycles. The molecule has 10 heteroatoms. The Bertz CT molecular complexity index is 846. The van der Waals surface area contributed by atoms with E-state index in [1.54, 1.807) is 0 Å². The van der Waals surface area contributed by atoms with Gasteiger partial charge in [0.2, 0.25) is 15.9 Å². The average molecular weight is 398 g/mol. The maximum atomic E-state index is 12.9.